The van der Waals surface area contributed by atoms with Crippen molar-refractivity contribution in [2.75, 3.05) is 12.3 Å². The van der Waals surface area contributed by atoms with Gasteiger partial charge >= 0.3 is 0 Å². The summed E-state index contributed by atoms with van der Waals surface area (Å²) in [5, 5.41) is 1.83. The molecule has 0 fully saturated rings. The Balaban J connectivity index is 2.05. The van der Waals surface area contributed by atoms with Gasteiger partial charge in [0, 0.05) is 0 Å². The van der Waals surface area contributed by atoms with Crippen molar-refractivity contribution in [1.29, 1.82) is 0 Å². The number of nitrogens with zero attached hydrogens (tertiary/aromatic N) is 1. The minimum absolute atomic E-state index is 0.679. The van der Waals surface area contributed by atoms with Crippen molar-refractivity contribution >= 4 is 37.9 Å². The molecule has 0 radical (unpaired) electrons. The molecule has 5 heteroatoms. The third-order valence-corrected chi connectivity index (χ3v) is 4.61. The highest BCUT2D eigenvalue weighted by Crippen LogP contribution is 2.36. The van der Waals surface area contributed by atoms with Crippen LogP contribution in [0.3, 0.4) is 0 Å². The van der Waals surface area contributed by atoms with E-state index in [0.717, 1.165) is 30.9 Å². The van der Waals surface area contributed by atoms with Gasteiger partial charge in [0.1, 0.15) is 10.8 Å². The number of ether oxygens (including phenoxy) is 1. The van der Waals surface area contributed by atoms with E-state index >= 15 is 0 Å². The van der Waals surface area contributed by atoms with Crippen LogP contribution in [-0.2, 0) is 0 Å². The maximum atomic E-state index is 5.75. The van der Waals surface area contributed by atoms with Gasteiger partial charge in [-0.2, -0.15) is 0 Å². The highest BCUT2D eigenvalue weighted by Gasteiger charge is 2.09. The van der Waals surface area contributed by atoms with E-state index < -0.39 is 0 Å². The number of hydrogen-bond acceptors (Lipinski definition) is 5. The number of aromatic nitrogens is 1. The van der Waals surface area contributed by atoms with Gasteiger partial charge in [-0.25, -0.2) is 4.98 Å². The molecule has 0 aliphatic carbocycles. The number of nitrogen functional groups attached to an aromatic ring is 1. The lowest BCUT2D eigenvalue weighted by molar-refractivity contribution is 0.341. The van der Waals surface area contributed by atoms with Crippen LogP contribution < -0.4 is 10.5 Å². The monoisotopic (exact) mass is 276 g/mol. The first-order valence-electron chi connectivity index (χ1n) is 5.65. The second-order valence-electron chi connectivity index (χ2n) is 3.78. The highest BCUT2D eigenvalue weighted by atomic mass is 32.1. The van der Waals surface area contributed by atoms with Crippen LogP contribution in [0.15, 0.2) is 30.3 Å². The molecular formula is C13H12N2OS2. The van der Waals surface area contributed by atoms with E-state index in [2.05, 4.69) is 4.98 Å². The molecule has 0 amide bonds. The SMILES string of the molecule is CCOc1ccc2nc(-c3ccc(N)s3)sc2c1. The Morgan fingerprint density at radius 2 is 2.11 bits per heavy atom. The zero-order chi connectivity index (χ0) is 12.5. The fourth-order valence-electron chi connectivity index (χ4n) is 1.73. The van der Waals surface area contributed by atoms with Crippen LogP contribution in [0.25, 0.3) is 20.1 Å². The van der Waals surface area contributed by atoms with Crippen LogP contribution in [0.2, 0.25) is 0 Å². The summed E-state index contributed by atoms with van der Waals surface area (Å²) in [7, 11) is 0. The lowest BCUT2D eigenvalue weighted by Crippen LogP contribution is -1.89. The fourth-order valence-corrected chi connectivity index (χ4v) is 3.56. The number of benzene rings is 1. The second-order valence-corrected chi connectivity index (χ2v) is 5.93. The van der Waals surface area contributed by atoms with Crippen molar-refractivity contribution in [2.45, 2.75) is 6.92 Å². The maximum Gasteiger partial charge on any atom is 0.134 e. The molecule has 0 aliphatic rings. The molecule has 18 heavy (non-hydrogen) atoms. The van der Waals surface area contributed by atoms with Crippen molar-refractivity contribution in [2.24, 2.45) is 0 Å². The van der Waals surface area contributed by atoms with E-state index in [4.69, 9.17) is 10.5 Å². The minimum Gasteiger partial charge on any atom is -0.494 e. The van der Waals surface area contributed by atoms with E-state index in [1.54, 1.807) is 22.7 Å². The van der Waals surface area contributed by atoms with E-state index in [1.807, 2.05) is 37.3 Å². The molecule has 1 aromatic carbocycles. The molecule has 3 nitrogen and oxygen atoms in total. The van der Waals surface area contributed by atoms with Crippen LogP contribution in [0.4, 0.5) is 5.00 Å². The summed E-state index contributed by atoms with van der Waals surface area (Å²) in [6.45, 7) is 2.66. The lowest BCUT2D eigenvalue weighted by atomic mass is 10.3. The summed E-state index contributed by atoms with van der Waals surface area (Å²) in [6.07, 6.45) is 0. The van der Waals surface area contributed by atoms with Crippen LogP contribution in [0.1, 0.15) is 6.92 Å². The van der Waals surface area contributed by atoms with Crippen LogP contribution in [0, 0.1) is 0 Å². The quantitative estimate of drug-likeness (QED) is 0.786. The highest BCUT2D eigenvalue weighted by molar-refractivity contribution is 7.26. The van der Waals surface area contributed by atoms with Gasteiger partial charge in [-0.1, -0.05) is 0 Å². The second kappa shape index (κ2) is 4.59. The van der Waals surface area contributed by atoms with Gasteiger partial charge in [0.15, 0.2) is 0 Å². The zero-order valence-corrected chi connectivity index (χ0v) is 11.5. The summed E-state index contributed by atoms with van der Waals surface area (Å²) in [6, 6.07) is 9.92. The molecule has 0 spiro atoms. The average Bonchev–Trinajstić information content (AvgIpc) is 2.94. The van der Waals surface area contributed by atoms with Crippen molar-refractivity contribution in [1.82, 2.24) is 4.98 Å². The molecule has 3 rings (SSSR count). The molecule has 0 saturated heterocycles. The Kier molecular flexibility index (Phi) is 2.93. The molecule has 0 aliphatic heterocycles. The average molecular weight is 276 g/mol. The van der Waals surface area contributed by atoms with Crippen molar-refractivity contribution in [3.63, 3.8) is 0 Å². The third kappa shape index (κ3) is 2.07. The first-order chi connectivity index (χ1) is 8.76. The van der Waals surface area contributed by atoms with Gasteiger partial charge in [-0.15, -0.1) is 22.7 Å². The maximum absolute atomic E-state index is 5.75. The van der Waals surface area contributed by atoms with Gasteiger partial charge in [-0.05, 0) is 37.3 Å². The number of thiazole rings is 1. The predicted molar refractivity (Wildman–Crippen MR) is 78.5 cm³/mol. The number of hydrogen-bond donors (Lipinski definition) is 1. The number of thiophene rings is 1. The molecular weight excluding hydrogens is 264 g/mol. The van der Waals surface area contributed by atoms with E-state index in [-0.39, 0.29) is 0 Å². The van der Waals surface area contributed by atoms with Gasteiger partial charge in [-0.3, -0.25) is 0 Å². The lowest BCUT2D eigenvalue weighted by Gasteiger charge is -2.00. The molecule has 0 unspecified atom stereocenters. The summed E-state index contributed by atoms with van der Waals surface area (Å²) in [5.41, 5.74) is 6.75. The number of fused-ring (bicyclic) bond motifs is 1. The van der Waals surface area contributed by atoms with E-state index in [9.17, 15) is 0 Å². The Morgan fingerprint density at radius 3 is 2.83 bits per heavy atom. The smallest absolute Gasteiger partial charge is 0.134 e. The Hall–Kier alpha value is -1.59. The van der Waals surface area contributed by atoms with Crippen LogP contribution in [0.5, 0.6) is 5.75 Å². The topological polar surface area (TPSA) is 48.1 Å². The van der Waals surface area contributed by atoms with Gasteiger partial charge in [0.05, 0.1) is 26.7 Å². The third-order valence-electron chi connectivity index (χ3n) is 2.51. The molecule has 2 N–H and O–H groups in total. The largest absolute Gasteiger partial charge is 0.494 e. The van der Waals surface area contributed by atoms with Gasteiger partial charge in [0.25, 0.3) is 0 Å². The van der Waals surface area contributed by atoms with Crippen LogP contribution >= 0.6 is 22.7 Å². The van der Waals surface area contributed by atoms with E-state index in [0.29, 0.717) is 6.61 Å². The molecule has 0 atom stereocenters. The molecule has 3 aromatic rings. The van der Waals surface area contributed by atoms with Gasteiger partial charge < -0.3 is 10.5 Å². The van der Waals surface area contributed by atoms with Crippen molar-refractivity contribution < 1.29 is 4.74 Å². The molecule has 0 saturated carbocycles. The van der Waals surface area contributed by atoms with Crippen LogP contribution in [-0.4, -0.2) is 11.6 Å². The summed E-state index contributed by atoms with van der Waals surface area (Å²) >= 11 is 3.23. The number of nitrogens with two attached hydrogens (primary N) is 1. The molecule has 2 heterocycles. The summed E-state index contributed by atoms with van der Waals surface area (Å²) < 4.78 is 6.64. The number of rotatable bonds is 3. The van der Waals surface area contributed by atoms with E-state index in [1.165, 1.54) is 0 Å². The predicted octanol–water partition coefficient (Wildman–Crippen LogP) is 4.01. The first-order valence-corrected chi connectivity index (χ1v) is 7.28. The first kappa shape index (κ1) is 11.5. The summed E-state index contributed by atoms with van der Waals surface area (Å²) in [4.78, 5) is 5.73. The molecule has 0 bridgehead atoms. The Bertz CT molecular complexity index is 687. The molecule has 92 valence electrons. The summed E-state index contributed by atoms with van der Waals surface area (Å²) in [5.74, 6) is 0.894. The normalized spacial score (nSPS) is 10.9. The molecule has 2 aromatic heterocycles. The van der Waals surface area contributed by atoms with Gasteiger partial charge in [0.2, 0.25) is 0 Å². The Labute approximate surface area is 113 Å². The number of anilines is 1. The van der Waals surface area contributed by atoms with Crippen molar-refractivity contribution in [3.8, 4) is 15.6 Å². The van der Waals surface area contributed by atoms with Crippen molar-refractivity contribution in [3.05, 3.63) is 30.3 Å². The Morgan fingerprint density at radius 1 is 1.22 bits per heavy atom. The fraction of sp³-hybridized carbons (Fsp3) is 0.154. The minimum atomic E-state index is 0.679. The zero-order valence-electron chi connectivity index (χ0n) is 9.84. The standard InChI is InChI=1S/C13H12N2OS2/c1-2-16-8-3-4-9-11(7-8)18-13(15-9)10-5-6-12(14)17-10/h3-7H,2,14H2,1H3.